The van der Waals surface area contributed by atoms with Gasteiger partial charge in [-0.2, -0.15) is 0 Å². The number of hydrogen-bond donors (Lipinski definition) is 2. The molecule has 0 bridgehead atoms. The van der Waals surface area contributed by atoms with Gasteiger partial charge in [-0.25, -0.2) is 0 Å². The Hall–Kier alpha value is -1.79. The van der Waals surface area contributed by atoms with Gasteiger partial charge in [-0.15, -0.1) is 0 Å². The van der Waals surface area contributed by atoms with Crippen molar-refractivity contribution in [1.29, 1.82) is 0 Å². The number of rotatable bonds is 8. The van der Waals surface area contributed by atoms with Gasteiger partial charge in [-0.3, -0.25) is 4.99 Å². The van der Waals surface area contributed by atoms with Crippen LogP contribution in [0.15, 0.2) is 29.3 Å². The number of ether oxygens (including phenoxy) is 2. The summed E-state index contributed by atoms with van der Waals surface area (Å²) in [6.45, 7) is 14.9. The third-order valence-corrected chi connectivity index (χ3v) is 6.71. The molecule has 2 N–H and O–H groups in total. The van der Waals surface area contributed by atoms with Crippen molar-refractivity contribution in [1.82, 2.24) is 15.5 Å². The number of piperidine rings is 1. The molecule has 2 heterocycles. The van der Waals surface area contributed by atoms with Crippen molar-refractivity contribution in [2.75, 3.05) is 46.0 Å². The van der Waals surface area contributed by atoms with Crippen LogP contribution in [0.3, 0.4) is 0 Å². The van der Waals surface area contributed by atoms with Gasteiger partial charge in [0, 0.05) is 50.3 Å². The van der Waals surface area contributed by atoms with Crippen LogP contribution in [0.4, 0.5) is 0 Å². The summed E-state index contributed by atoms with van der Waals surface area (Å²) in [7, 11) is 0. The molecule has 0 aromatic heterocycles. The Morgan fingerprint density at radius 2 is 1.84 bits per heavy atom. The van der Waals surface area contributed by atoms with Gasteiger partial charge in [0.1, 0.15) is 5.75 Å². The molecule has 0 radical (unpaired) electrons. The molecule has 0 atom stereocenters. The van der Waals surface area contributed by atoms with E-state index >= 15 is 0 Å². The maximum atomic E-state index is 5.70. The van der Waals surface area contributed by atoms with E-state index in [1.165, 1.54) is 18.4 Å². The summed E-state index contributed by atoms with van der Waals surface area (Å²) in [4.78, 5) is 7.65. The summed E-state index contributed by atoms with van der Waals surface area (Å²) in [6, 6.07) is 9.73. The molecule has 2 aliphatic heterocycles. The first-order chi connectivity index (χ1) is 15.1. The molecule has 2 aliphatic rings. The molecule has 0 saturated carbocycles. The Morgan fingerprint density at radius 3 is 2.42 bits per heavy atom. The number of likely N-dealkylation sites (tertiary alicyclic amines) is 1. The van der Waals surface area contributed by atoms with E-state index < -0.39 is 0 Å². The Balaban J connectivity index is 1.69. The maximum Gasteiger partial charge on any atom is 0.191 e. The zero-order valence-electron chi connectivity index (χ0n) is 20.0. The Kier molecular flexibility index (Phi) is 9.02. The molecule has 1 aromatic carbocycles. The number of benzene rings is 1. The first-order valence-corrected chi connectivity index (χ1v) is 12.2. The molecule has 31 heavy (non-hydrogen) atoms. The zero-order valence-corrected chi connectivity index (χ0v) is 20.0. The smallest absolute Gasteiger partial charge is 0.191 e. The lowest BCUT2D eigenvalue weighted by molar-refractivity contribution is 0.0530. The van der Waals surface area contributed by atoms with Crippen LogP contribution in [-0.2, 0) is 10.2 Å². The fourth-order valence-electron chi connectivity index (χ4n) is 4.68. The predicted octanol–water partition coefficient (Wildman–Crippen LogP) is 3.56. The maximum absolute atomic E-state index is 5.70. The van der Waals surface area contributed by atoms with E-state index in [1.54, 1.807) is 0 Å². The fraction of sp³-hybridized carbons (Fsp3) is 0.720. The van der Waals surface area contributed by atoms with E-state index in [1.807, 2.05) is 6.92 Å². The Morgan fingerprint density at radius 1 is 1.16 bits per heavy atom. The van der Waals surface area contributed by atoms with Crippen molar-refractivity contribution in [3.05, 3.63) is 29.8 Å². The van der Waals surface area contributed by atoms with Crippen LogP contribution in [0.5, 0.6) is 5.75 Å². The molecule has 6 heteroatoms. The Bertz CT molecular complexity index is 675. The average Bonchev–Trinajstić information content (AvgIpc) is 2.79. The van der Waals surface area contributed by atoms with Gasteiger partial charge in [-0.1, -0.05) is 12.1 Å². The minimum absolute atomic E-state index is 0.0202. The van der Waals surface area contributed by atoms with E-state index in [9.17, 15) is 0 Å². The quantitative estimate of drug-likeness (QED) is 0.488. The van der Waals surface area contributed by atoms with Crippen LogP contribution < -0.4 is 15.4 Å². The molecule has 174 valence electrons. The van der Waals surface area contributed by atoms with Gasteiger partial charge in [0.05, 0.1) is 13.2 Å². The number of nitrogens with one attached hydrogen (secondary N) is 2. The number of nitrogens with zero attached hydrogens (tertiary/aromatic N) is 2. The van der Waals surface area contributed by atoms with E-state index in [4.69, 9.17) is 14.5 Å². The zero-order chi connectivity index (χ0) is 22.1. The predicted molar refractivity (Wildman–Crippen MR) is 128 cm³/mol. The summed E-state index contributed by atoms with van der Waals surface area (Å²) < 4.78 is 11.3. The highest BCUT2D eigenvalue weighted by Gasteiger charge is 2.34. The number of hydrogen-bond acceptors (Lipinski definition) is 4. The van der Waals surface area contributed by atoms with Gasteiger partial charge in [0.25, 0.3) is 0 Å². The molecule has 3 rings (SSSR count). The minimum Gasteiger partial charge on any atom is -0.494 e. The van der Waals surface area contributed by atoms with Gasteiger partial charge >= 0.3 is 0 Å². The van der Waals surface area contributed by atoms with E-state index in [0.29, 0.717) is 18.7 Å². The number of guanidine groups is 1. The topological polar surface area (TPSA) is 58.1 Å². The Labute approximate surface area is 188 Å². The van der Waals surface area contributed by atoms with Crippen LogP contribution in [0.2, 0.25) is 0 Å². The molecule has 0 spiro atoms. The van der Waals surface area contributed by atoms with Crippen LogP contribution in [0.1, 0.15) is 58.9 Å². The molecule has 0 aliphatic carbocycles. The second-order valence-corrected chi connectivity index (χ2v) is 9.09. The molecule has 0 amide bonds. The highest BCUT2D eigenvalue weighted by atomic mass is 16.5. The van der Waals surface area contributed by atoms with Crippen LogP contribution in [0.25, 0.3) is 0 Å². The van der Waals surface area contributed by atoms with Crippen LogP contribution in [-0.4, -0.2) is 68.9 Å². The third kappa shape index (κ3) is 6.59. The lowest BCUT2D eigenvalue weighted by Crippen LogP contribution is -2.50. The van der Waals surface area contributed by atoms with Crippen molar-refractivity contribution in [2.45, 2.75) is 70.9 Å². The van der Waals surface area contributed by atoms with Crippen LogP contribution in [0, 0.1) is 0 Å². The molecule has 0 unspecified atom stereocenters. The molecule has 6 nitrogen and oxygen atoms in total. The third-order valence-electron chi connectivity index (χ3n) is 6.71. The lowest BCUT2D eigenvalue weighted by Gasteiger charge is -2.37. The van der Waals surface area contributed by atoms with Gasteiger partial charge < -0.3 is 25.0 Å². The molecule has 2 fully saturated rings. The van der Waals surface area contributed by atoms with Crippen molar-refractivity contribution < 1.29 is 9.47 Å². The summed E-state index contributed by atoms with van der Waals surface area (Å²) in [6.07, 6.45) is 4.33. The average molecular weight is 431 g/mol. The van der Waals surface area contributed by atoms with Gasteiger partial charge in [0.15, 0.2) is 5.96 Å². The lowest BCUT2D eigenvalue weighted by atomic mass is 9.74. The summed E-state index contributed by atoms with van der Waals surface area (Å²) in [5.74, 6) is 1.88. The van der Waals surface area contributed by atoms with E-state index in [-0.39, 0.29) is 5.41 Å². The van der Waals surface area contributed by atoms with Crippen molar-refractivity contribution in [3.63, 3.8) is 0 Å². The van der Waals surface area contributed by atoms with E-state index in [2.05, 4.69) is 60.6 Å². The molecule has 1 aromatic rings. The SMILES string of the molecule is CCNC(=NCC1(c2ccc(OCC)cc2)CCOCC1)NC1CCN(C(C)C)CC1. The normalized spacial score (nSPS) is 20.6. The molecule has 2 saturated heterocycles. The van der Waals surface area contributed by atoms with Crippen molar-refractivity contribution in [3.8, 4) is 5.75 Å². The second kappa shape index (κ2) is 11.7. The first-order valence-electron chi connectivity index (χ1n) is 12.2. The van der Waals surface area contributed by atoms with E-state index in [0.717, 1.165) is 63.9 Å². The monoisotopic (exact) mass is 430 g/mol. The highest BCUT2D eigenvalue weighted by Crippen LogP contribution is 2.36. The standard InChI is InChI=1S/C25H42N4O2/c1-5-26-24(28-22-11-15-29(16-12-22)20(3)4)27-19-25(13-17-30-18-14-25)21-7-9-23(10-8-21)31-6-2/h7-10,20,22H,5-6,11-19H2,1-4H3,(H2,26,27,28). The van der Waals surface area contributed by atoms with Gasteiger partial charge in [0.2, 0.25) is 0 Å². The molecular formula is C25H42N4O2. The summed E-state index contributed by atoms with van der Waals surface area (Å²) in [5, 5.41) is 7.18. The number of aliphatic imine (C=N–C) groups is 1. The molecular weight excluding hydrogens is 388 g/mol. The van der Waals surface area contributed by atoms with Crippen molar-refractivity contribution >= 4 is 5.96 Å². The largest absolute Gasteiger partial charge is 0.494 e. The minimum atomic E-state index is 0.0202. The van der Waals surface area contributed by atoms with Gasteiger partial charge in [-0.05, 0) is 71.1 Å². The fourth-order valence-corrected chi connectivity index (χ4v) is 4.68. The van der Waals surface area contributed by atoms with Crippen molar-refractivity contribution in [2.24, 2.45) is 4.99 Å². The first kappa shape index (κ1) is 23.9. The highest BCUT2D eigenvalue weighted by molar-refractivity contribution is 5.80. The second-order valence-electron chi connectivity index (χ2n) is 9.09. The summed E-state index contributed by atoms with van der Waals surface area (Å²) >= 11 is 0. The summed E-state index contributed by atoms with van der Waals surface area (Å²) in [5.41, 5.74) is 1.36. The van der Waals surface area contributed by atoms with Crippen LogP contribution >= 0.6 is 0 Å².